The van der Waals surface area contributed by atoms with E-state index in [9.17, 15) is 14.7 Å². The molecule has 1 aromatic heterocycles. The number of allylic oxidation sites excluding steroid dienone is 2. The van der Waals surface area contributed by atoms with Crippen LogP contribution in [-0.4, -0.2) is 28.5 Å². The Kier molecular flexibility index (Phi) is 3.80. The van der Waals surface area contributed by atoms with Gasteiger partial charge in [0.1, 0.15) is 0 Å². The molecule has 1 aromatic rings. The number of rotatable bonds is 5. The van der Waals surface area contributed by atoms with Crippen molar-refractivity contribution in [3.8, 4) is 0 Å². The molecule has 3 rings (SSSR count). The van der Waals surface area contributed by atoms with Gasteiger partial charge in [0.2, 0.25) is 5.91 Å². The van der Waals surface area contributed by atoms with E-state index in [0.717, 1.165) is 11.4 Å². The summed E-state index contributed by atoms with van der Waals surface area (Å²) in [7, 11) is 0. The van der Waals surface area contributed by atoms with Crippen LogP contribution in [0.4, 0.5) is 0 Å². The molecular weight excluding hydrogens is 288 g/mol. The average molecular weight is 306 g/mol. The third-order valence-electron chi connectivity index (χ3n) is 4.50. The largest absolute Gasteiger partial charge is 0.481 e. The lowest BCUT2D eigenvalue weighted by molar-refractivity contribution is -0.147. The Labute approximate surface area is 127 Å². The van der Waals surface area contributed by atoms with Crippen LogP contribution >= 0.6 is 11.3 Å². The van der Waals surface area contributed by atoms with Gasteiger partial charge in [-0.15, -0.1) is 11.3 Å². The van der Waals surface area contributed by atoms with Gasteiger partial charge in [0.25, 0.3) is 0 Å². The van der Waals surface area contributed by atoms with Crippen molar-refractivity contribution in [1.82, 2.24) is 10.3 Å². The van der Waals surface area contributed by atoms with Crippen molar-refractivity contribution in [3.63, 3.8) is 0 Å². The first-order valence-corrected chi connectivity index (χ1v) is 8.04. The molecule has 1 amide bonds. The highest BCUT2D eigenvalue weighted by Gasteiger charge is 2.51. The van der Waals surface area contributed by atoms with Crippen LogP contribution in [0.15, 0.2) is 23.7 Å². The Balaban J connectivity index is 1.63. The summed E-state index contributed by atoms with van der Waals surface area (Å²) in [6.45, 7) is 2.50. The highest BCUT2D eigenvalue weighted by Crippen LogP contribution is 2.48. The summed E-state index contributed by atoms with van der Waals surface area (Å²) in [6.07, 6.45) is 6.49. The number of amides is 1. The van der Waals surface area contributed by atoms with E-state index >= 15 is 0 Å². The molecule has 112 valence electrons. The number of nitrogens with zero attached hydrogens (tertiary/aromatic N) is 1. The monoisotopic (exact) mass is 306 g/mol. The van der Waals surface area contributed by atoms with Crippen molar-refractivity contribution in [2.45, 2.75) is 19.3 Å². The Hall–Kier alpha value is -1.69. The van der Waals surface area contributed by atoms with Crippen molar-refractivity contribution in [1.29, 1.82) is 0 Å². The molecule has 21 heavy (non-hydrogen) atoms. The van der Waals surface area contributed by atoms with E-state index in [0.29, 0.717) is 6.54 Å². The Morgan fingerprint density at radius 1 is 1.43 bits per heavy atom. The van der Waals surface area contributed by atoms with E-state index in [1.165, 1.54) is 0 Å². The summed E-state index contributed by atoms with van der Waals surface area (Å²) in [4.78, 5) is 28.0. The van der Waals surface area contributed by atoms with Crippen molar-refractivity contribution in [2.24, 2.45) is 23.7 Å². The molecule has 3 unspecified atom stereocenters. The van der Waals surface area contributed by atoms with Gasteiger partial charge in [0, 0.05) is 24.0 Å². The molecule has 2 N–H and O–H groups in total. The van der Waals surface area contributed by atoms with E-state index in [2.05, 4.69) is 10.3 Å². The standard InChI is InChI=1S/C15H18N2O3S/c1-8(14-16-4-5-21-14)7-17-13(18)11-9-2-3-10(6-9)12(11)15(19)20/h2-5,8-12H,6-7H2,1H3,(H,17,18)(H,19,20)/t8?,9?,10?,11-,12+/m0/s1. The highest BCUT2D eigenvalue weighted by atomic mass is 32.1. The molecule has 5 atom stereocenters. The summed E-state index contributed by atoms with van der Waals surface area (Å²) < 4.78 is 0. The van der Waals surface area contributed by atoms with Crippen molar-refractivity contribution in [2.75, 3.05) is 6.54 Å². The molecule has 0 aliphatic heterocycles. The van der Waals surface area contributed by atoms with Gasteiger partial charge < -0.3 is 10.4 Å². The van der Waals surface area contributed by atoms with Gasteiger partial charge in [-0.25, -0.2) is 4.98 Å². The molecule has 2 aliphatic carbocycles. The van der Waals surface area contributed by atoms with E-state index in [4.69, 9.17) is 0 Å². The maximum atomic E-state index is 12.4. The number of carbonyl (C=O) groups excluding carboxylic acids is 1. The number of thiazole rings is 1. The second-order valence-electron chi connectivity index (χ2n) is 5.85. The number of aliphatic carboxylic acids is 1. The average Bonchev–Trinajstić information content (AvgIpc) is 3.17. The molecule has 0 aromatic carbocycles. The van der Waals surface area contributed by atoms with Gasteiger partial charge in [-0.05, 0) is 18.3 Å². The summed E-state index contributed by atoms with van der Waals surface area (Å²) in [6, 6.07) is 0. The normalized spacial score (nSPS) is 31.3. The predicted molar refractivity (Wildman–Crippen MR) is 78.9 cm³/mol. The zero-order chi connectivity index (χ0) is 15.0. The molecule has 0 spiro atoms. The number of carbonyl (C=O) groups is 2. The third-order valence-corrected chi connectivity index (χ3v) is 5.51. The van der Waals surface area contributed by atoms with E-state index < -0.39 is 17.8 Å². The van der Waals surface area contributed by atoms with Crippen molar-refractivity contribution in [3.05, 3.63) is 28.7 Å². The minimum absolute atomic E-state index is 0.0136. The first kappa shape index (κ1) is 14.3. The molecule has 1 heterocycles. The fourth-order valence-electron chi connectivity index (χ4n) is 3.45. The fourth-order valence-corrected chi connectivity index (χ4v) is 4.15. The molecule has 6 heteroatoms. The Bertz CT molecular complexity index is 569. The highest BCUT2D eigenvalue weighted by molar-refractivity contribution is 7.09. The first-order chi connectivity index (χ1) is 10.1. The van der Waals surface area contributed by atoms with E-state index in [1.54, 1.807) is 17.5 Å². The maximum Gasteiger partial charge on any atom is 0.307 e. The summed E-state index contributed by atoms with van der Waals surface area (Å²) in [5.74, 6) is -1.77. The molecule has 2 aliphatic rings. The molecule has 1 fully saturated rings. The lowest BCUT2D eigenvalue weighted by Crippen LogP contribution is -2.41. The minimum Gasteiger partial charge on any atom is -0.481 e. The number of aromatic nitrogens is 1. The fraction of sp³-hybridized carbons (Fsp3) is 0.533. The number of fused-ring (bicyclic) bond motifs is 2. The zero-order valence-electron chi connectivity index (χ0n) is 11.7. The van der Waals surface area contributed by atoms with Crippen LogP contribution in [0.2, 0.25) is 0 Å². The topological polar surface area (TPSA) is 79.3 Å². The zero-order valence-corrected chi connectivity index (χ0v) is 12.5. The Morgan fingerprint density at radius 2 is 2.14 bits per heavy atom. The van der Waals surface area contributed by atoms with Gasteiger partial charge in [-0.1, -0.05) is 19.1 Å². The molecule has 0 radical (unpaired) electrons. The molecule has 0 saturated heterocycles. The van der Waals surface area contributed by atoms with Crippen LogP contribution in [0.5, 0.6) is 0 Å². The van der Waals surface area contributed by atoms with Crippen molar-refractivity contribution < 1.29 is 14.7 Å². The first-order valence-electron chi connectivity index (χ1n) is 7.16. The van der Waals surface area contributed by atoms with Crippen LogP contribution in [-0.2, 0) is 9.59 Å². The van der Waals surface area contributed by atoms with Gasteiger partial charge in [0.05, 0.1) is 16.8 Å². The summed E-state index contributed by atoms with van der Waals surface area (Å²) in [5.41, 5.74) is 0. The second kappa shape index (κ2) is 5.60. The van der Waals surface area contributed by atoms with Gasteiger partial charge in [0.15, 0.2) is 0 Å². The minimum atomic E-state index is -0.861. The lowest BCUT2D eigenvalue weighted by Gasteiger charge is -2.24. The third kappa shape index (κ3) is 2.60. The second-order valence-corrected chi connectivity index (χ2v) is 6.78. The van der Waals surface area contributed by atoms with Crippen LogP contribution in [0.3, 0.4) is 0 Å². The van der Waals surface area contributed by atoms with Crippen LogP contribution in [0, 0.1) is 23.7 Å². The predicted octanol–water partition coefficient (Wildman–Crippen LogP) is 1.89. The SMILES string of the molecule is CC(CNC(=O)[C@H]1C2C=CC(C2)[C@H]1C(=O)O)c1nccs1. The molecule has 1 saturated carbocycles. The quantitative estimate of drug-likeness (QED) is 0.814. The van der Waals surface area contributed by atoms with Gasteiger partial charge >= 0.3 is 5.97 Å². The molecular formula is C15H18N2O3S. The number of hydrogen-bond acceptors (Lipinski definition) is 4. The Morgan fingerprint density at radius 3 is 2.76 bits per heavy atom. The van der Waals surface area contributed by atoms with Crippen LogP contribution in [0.1, 0.15) is 24.3 Å². The van der Waals surface area contributed by atoms with Crippen LogP contribution in [0.25, 0.3) is 0 Å². The maximum absolute atomic E-state index is 12.4. The summed E-state index contributed by atoms with van der Waals surface area (Å²) >= 11 is 1.56. The summed E-state index contributed by atoms with van der Waals surface area (Å²) in [5, 5.41) is 15.2. The number of carboxylic acids is 1. The van der Waals surface area contributed by atoms with Crippen LogP contribution < -0.4 is 5.32 Å². The number of carboxylic acid groups (broad SMARTS) is 1. The number of nitrogens with one attached hydrogen (secondary N) is 1. The smallest absolute Gasteiger partial charge is 0.307 e. The van der Waals surface area contributed by atoms with E-state index in [1.807, 2.05) is 24.5 Å². The van der Waals surface area contributed by atoms with Gasteiger partial charge in [-0.3, -0.25) is 9.59 Å². The lowest BCUT2D eigenvalue weighted by atomic mass is 9.82. The van der Waals surface area contributed by atoms with Gasteiger partial charge in [-0.2, -0.15) is 0 Å². The van der Waals surface area contributed by atoms with Crippen molar-refractivity contribution >= 4 is 23.2 Å². The molecule has 2 bridgehead atoms. The van der Waals surface area contributed by atoms with E-state index in [-0.39, 0.29) is 23.7 Å². The number of hydrogen-bond donors (Lipinski definition) is 2. The molecule has 5 nitrogen and oxygen atoms in total.